The second kappa shape index (κ2) is 8.64. The van der Waals surface area contributed by atoms with Crippen molar-refractivity contribution < 1.29 is 14.3 Å². The van der Waals surface area contributed by atoms with Crippen LogP contribution < -0.4 is 15.4 Å². The molecule has 118 valence electrons. The van der Waals surface area contributed by atoms with E-state index in [1.54, 1.807) is 0 Å². The standard InChI is InChI=1S/C16H26N2O3/c1-5-20-10-11-21-14-8-6-13(7-9-14)18-15(19)12-17-16(2,3)4/h6-9,17H,5,10-12H2,1-4H3,(H,18,19). The van der Waals surface area contributed by atoms with Crippen molar-refractivity contribution in [3.63, 3.8) is 0 Å². The first kappa shape index (κ1) is 17.5. The minimum atomic E-state index is -0.0738. The molecule has 0 aliphatic carbocycles. The molecule has 1 amide bonds. The number of hydrogen-bond donors (Lipinski definition) is 2. The molecule has 0 heterocycles. The van der Waals surface area contributed by atoms with E-state index in [1.165, 1.54) is 0 Å². The second-order valence-corrected chi connectivity index (χ2v) is 5.72. The lowest BCUT2D eigenvalue weighted by Crippen LogP contribution is -2.41. The Kier molecular flexibility index (Phi) is 7.19. The highest BCUT2D eigenvalue weighted by atomic mass is 16.5. The number of ether oxygens (including phenoxy) is 2. The summed E-state index contributed by atoms with van der Waals surface area (Å²) in [5.41, 5.74) is 0.683. The molecule has 0 saturated carbocycles. The van der Waals surface area contributed by atoms with Crippen LogP contribution >= 0.6 is 0 Å². The molecule has 2 N–H and O–H groups in total. The lowest BCUT2D eigenvalue weighted by Gasteiger charge is -2.20. The van der Waals surface area contributed by atoms with Crippen LogP contribution in [0.2, 0.25) is 0 Å². The van der Waals surface area contributed by atoms with Gasteiger partial charge in [-0.3, -0.25) is 4.79 Å². The zero-order chi connectivity index (χ0) is 15.7. The molecule has 0 unspecified atom stereocenters. The highest BCUT2D eigenvalue weighted by Gasteiger charge is 2.11. The fraction of sp³-hybridized carbons (Fsp3) is 0.562. The van der Waals surface area contributed by atoms with Gasteiger partial charge in [-0.2, -0.15) is 0 Å². The normalized spacial score (nSPS) is 11.2. The van der Waals surface area contributed by atoms with Gasteiger partial charge in [0.15, 0.2) is 0 Å². The van der Waals surface area contributed by atoms with Gasteiger partial charge in [-0.05, 0) is 52.0 Å². The third kappa shape index (κ3) is 8.32. The van der Waals surface area contributed by atoms with Gasteiger partial charge in [0.05, 0.1) is 13.2 Å². The fourth-order valence-corrected chi connectivity index (χ4v) is 1.55. The zero-order valence-electron chi connectivity index (χ0n) is 13.4. The number of benzene rings is 1. The molecular formula is C16H26N2O3. The number of carbonyl (C=O) groups is 1. The number of carbonyl (C=O) groups excluding carboxylic acids is 1. The molecular weight excluding hydrogens is 268 g/mol. The van der Waals surface area contributed by atoms with Crippen LogP contribution in [0, 0.1) is 0 Å². The predicted octanol–water partition coefficient (Wildman–Crippen LogP) is 2.43. The minimum absolute atomic E-state index is 0.0602. The Balaban J connectivity index is 2.35. The van der Waals surface area contributed by atoms with Crippen LogP contribution in [0.5, 0.6) is 5.75 Å². The Hall–Kier alpha value is -1.59. The summed E-state index contributed by atoms with van der Waals surface area (Å²) >= 11 is 0. The number of rotatable bonds is 8. The quantitative estimate of drug-likeness (QED) is 0.723. The van der Waals surface area contributed by atoms with E-state index in [4.69, 9.17) is 9.47 Å². The maximum Gasteiger partial charge on any atom is 0.238 e. The Morgan fingerprint density at radius 2 is 1.81 bits per heavy atom. The summed E-state index contributed by atoms with van der Waals surface area (Å²) in [5, 5.41) is 5.98. The largest absolute Gasteiger partial charge is 0.491 e. The maximum absolute atomic E-state index is 11.8. The fourth-order valence-electron chi connectivity index (χ4n) is 1.55. The van der Waals surface area contributed by atoms with Gasteiger partial charge in [0.25, 0.3) is 0 Å². The summed E-state index contributed by atoms with van der Waals surface area (Å²) in [7, 11) is 0. The van der Waals surface area contributed by atoms with Gasteiger partial charge in [-0.15, -0.1) is 0 Å². The molecule has 0 bridgehead atoms. The van der Waals surface area contributed by atoms with Gasteiger partial charge in [0.2, 0.25) is 5.91 Å². The number of nitrogens with one attached hydrogen (secondary N) is 2. The molecule has 0 saturated heterocycles. The second-order valence-electron chi connectivity index (χ2n) is 5.72. The summed E-state index contributed by atoms with van der Waals surface area (Å²) in [4.78, 5) is 11.8. The first-order chi connectivity index (χ1) is 9.90. The monoisotopic (exact) mass is 294 g/mol. The highest BCUT2D eigenvalue weighted by Crippen LogP contribution is 2.15. The van der Waals surface area contributed by atoms with Crippen molar-refractivity contribution in [2.75, 3.05) is 31.7 Å². The molecule has 0 atom stereocenters. The number of hydrogen-bond acceptors (Lipinski definition) is 4. The van der Waals surface area contributed by atoms with Crippen molar-refractivity contribution in [1.82, 2.24) is 5.32 Å². The summed E-state index contributed by atoms with van der Waals surface area (Å²) < 4.78 is 10.7. The Labute approximate surface area is 127 Å². The van der Waals surface area contributed by atoms with Crippen LogP contribution in [0.3, 0.4) is 0 Å². The van der Waals surface area contributed by atoms with E-state index in [0.29, 0.717) is 19.8 Å². The van der Waals surface area contributed by atoms with Crippen LogP contribution in [0.1, 0.15) is 27.7 Å². The third-order valence-electron chi connectivity index (χ3n) is 2.62. The summed E-state index contributed by atoms with van der Waals surface area (Å²) in [6.07, 6.45) is 0. The van der Waals surface area contributed by atoms with Gasteiger partial charge in [0.1, 0.15) is 12.4 Å². The molecule has 0 aliphatic heterocycles. The van der Waals surface area contributed by atoms with Crippen molar-refractivity contribution >= 4 is 11.6 Å². The summed E-state index contributed by atoms with van der Waals surface area (Å²) in [6.45, 7) is 10.1. The lowest BCUT2D eigenvalue weighted by atomic mass is 10.1. The molecule has 1 aromatic rings. The topological polar surface area (TPSA) is 59.6 Å². The average molecular weight is 294 g/mol. The molecule has 5 nitrogen and oxygen atoms in total. The zero-order valence-corrected chi connectivity index (χ0v) is 13.4. The molecule has 0 aromatic heterocycles. The molecule has 0 fully saturated rings. The number of anilines is 1. The van der Waals surface area contributed by atoms with Gasteiger partial charge in [0, 0.05) is 17.8 Å². The van der Waals surface area contributed by atoms with E-state index in [2.05, 4.69) is 10.6 Å². The molecule has 21 heavy (non-hydrogen) atoms. The van der Waals surface area contributed by atoms with Crippen LogP contribution in [0.15, 0.2) is 24.3 Å². The predicted molar refractivity (Wildman–Crippen MR) is 84.8 cm³/mol. The summed E-state index contributed by atoms with van der Waals surface area (Å²) in [6, 6.07) is 7.31. The van der Waals surface area contributed by atoms with E-state index in [9.17, 15) is 4.79 Å². The van der Waals surface area contributed by atoms with Crippen molar-refractivity contribution in [1.29, 1.82) is 0 Å². The SMILES string of the molecule is CCOCCOc1ccc(NC(=O)CNC(C)(C)C)cc1. The smallest absolute Gasteiger partial charge is 0.238 e. The van der Waals surface area contributed by atoms with Crippen LogP contribution in [0.25, 0.3) is 0 Å². The van der Waals surface area contributed by atoms with E-state index < -0.39 is 0 Å². The summed E-state index contributed by atoms with van der Waals surface area (Å²) in [5.74, 6) is 0.704. The molecule has 0 radical (unpaired) electrons. The van der Waals surface area contributed by atoms with Crippen LogP contribution in [0.4, 0.5) is 5.69 Å². The minimum Gasteiger partial charge on any atom is -0.491 e. The van der Waals surface area contributed by atoms with Gasteiger partial charge < -0.3 is 20.1 Å². The first-order valence-electron chi connectivity index (χ1n) is 7.26. The van der Waals surface area contributed by atoms with Crippen LogP contribution in [-0.2, 0) is 9.53 Å². The maximum atomic E-state index is 11.8. The van der Waals surface area contributed by atoms with Gasteiger partial charge in [-0.25, -0.2) is 0 Å². The molecule has 1 aromatic carbocycles. The van der Waals surface area contributed by atoms with Gasteiger partial charge in [-0.1, -0.05) is 0 Å². The average Bonchev–Trinajstić information content (AvgIpc) is 2.42. The van der Waals surface area contributed by atoms with Crippen molar-refractivity contribution in [2.45, 2.75) is 33.2 Å². The highest BCUT2D eigenvalue weighted by molar-refractivity contribution is 5.92. The number of amides is 1. The Morgan fingerprint density at radius 3 is 2.38 bits per heavy atom. The van der Waals surface area contributed by atoms with E-state index in [-0.39, 0.29) is 18.0 Å². The Bertz CT molecular complexity index is 424. The molecule has 5 heteroatoms. The van der Waals surface area contributed by atoms with Crippen LogP contribution in [-0.4, -0.2) is 37.8 Å². The molecule has 1 rings (SSSR count). The lowest BCUT2D eigenvalue weighted by molar-refractivity contribution is -0.115. The van der Waals surface area contributed by atoms with Gasteiger partial charge >= 0.3 is 0 Å². The van der Waals surface area contributed by atoms with E-state index >= 15 is 0 Å². The van der Waals surface area contributed by atoms with Crippen molar-refractivity contribution in [3.8, 4) is 5.75 Å². The third-order valence-corrected chi connectivity index (χ3v) is 2.62. The van der Waals surface area contributed by atoms with E-state index in [0.717, 1.165) is 11.4 Å². The van der Waals surface area contributed by atoms with E-state index in [1.807, 2.05) is 52.0 Å². The van der Waals surface area contributed by atoms with Crippen molar-refractivity contribution in [2.24, 2.45) is 0 Å². The first-order valence-corrected chi connectivity index (χ1v) is 7.26. The molecule has 0 aliphatic rings. The van der Waals surface area contributed by atoms with Crippen molar-refractivity contribution in [3.05, 3.63) is 24.3 Å². The Morgan fingerprint density at radius 1 is 1.14 bits per heavy atom. The molecule has 0 spiro atoms.